The first-order chi connectivity index (χ1) is 12.4. The van der Waals surface area contributed by atoms with E-state index >= 15 is 0 Å². The minimum atomic E-state index is -4.77. The van der Waals surface area contributed by atoms with Crippen molar-refractivity contribution in [2.45, 2.75) is 38.7 Å². The first kappa shape index (κ1) is 18.1. The van der Waals surface area contributed by atoms with Crippen molar-refractivity contribution in [3.63, 3.8) is 0 Å². The molecule has 2 aromatic carbocycles. The molecular weight excluding hydrogens is 345 g/mol. The first-order valence-electron chi connectivity index (χ1n) is 8.37. The number of aryl methyl sites for hydroxylation is 1. The van der Waals surface area contributed by atoms with Crippen molar-refractivity contribution in [1.29, 1.82) is 0 Å². The fourth-order valence-corrected chi connectivity index (χ4v) is 3.15. The van der Waals surface area contributed by atoms with Gasteiger partial charge < -0.3 is 15.4 Å². The quantitative estimate of drug-likeness (QED) is 0.840. The number of hydrogen-bond acceptors (Lipinski definition) is 2. The van der Waals surface area contributed by atoms with E-state index in [1.165, 1.54) is 29.3 Å². The average Bonchev–Trinajstić information content (AvgIpc) is 3.07. The summed E-state index contributed by atoms with van der Waals surface area (Å²) < 4.78 is 41.2. The van der Waals surface area contributed by atoms with Crippen LogP contribution in [0.4, 0.5) is 18.0 Å². The molecule has 4 nitrogen and oxygen atoms in total. The van der Waals surface area contributed by atoms with Gasteiger partial charge in [0.15, 0.2) is 0 Å². The molecule has 0 radical (unpaired) electrons. The van der Waals surface area contributed by atoms with Crippen LogP contribution in [0.15, 0.2) is 42.5 Å². The lowest BCUT2D eigenvalue weighted by Gasteiger charge is -2.14. The highest BCUT2D eigenvalue weighted by Crippen LogP contribution is 2.26. The van der Waals surface area contributed by atoms with Crippen molar-refractivity contribution in [3.8, 4) is 5.75 Å². The monoisotopic (exact) mass is 364 g/mol. The Bertz CT molecular complexity index is 791. The van der Waals surface area contributed by atoms with Crippen molar-refractivity contribution in [3.05, 3.63) is 64.7 Å². The molecule has 138 valence electrons. The van der Waals surface area contributed by atoms with Crippen LogP contribution in [0.3, 0.4) is 0 Å². The molecule has 0 fully saturated rings. The number of carbonyl (C=O) groups is 1. The second-order valence-corrected chi connectivity index (χ2v) is 6.10. The van der Waals surface area contributed by atoms with Gasteiger partial charge in [-0.25, -0.2) is 4.79 Å². The van der Waals surface area contributed by atoms with E-state index in [2.05, 4.69) is 21.4 Å². The molecule has 0 aromatic heterocycles. The zero-order valence-electron chi connectivity index (χ0n) is 14.0. The van der Waals surface area contributed by atoms with Gasteiger partial charge >= 0.3 is 12.4 Å². The van der Waals surface area contributed by atoms with Gasteiger partial charge in [-0.2, -0.15) is 0 Å². The van der Waals surface area contributed by atoms with Crippen molar-refractivity contribution in [2.75, 3.05) is 0 Å². The summed E-state index contributed by atoms with van der Waals surface area (Å²) in [6, 6.07) is 11.3. The van der Waals surface area contributed by atoms with Gasteiger partial charge in [0.25, 0.3) is 0 Å². The van der Waals surface area contributed by atoms with E-state index in [-0.39, 0.29) is 17.9 Å². The number of halogens is 3. The highest BCUT2D eigenvalue weighted by Gasteiger charge is 2.32. The topological polar surface area (TPSA) is 50.4 Å². The van der Waals surface area contributed by atoms with Crippen LogP contribution in [0, 0.1) is 0 Å². The van der Waals surface area contributed by atoms with Gasteiger partial charge in [-0.15, -0.1) is 13.2 Å². The number of hydrogen-bond donors (Lipinski definition) is 2. The number of para-hydroxylation sites is 1. The molecule has 0 heterocycles. The third kappa shape index (κ3) is 4.68. The van der Waals surface area contributed by atoms with Gasteiger partial charge in [0.1, 0.15) is 5.75 Å². The summed E-state index contributed by atoms with van der Waals surface area (Å²) in [6.45, 7) is 0.320. The van der Waals surface area contributed by atoms with Crippen LogP contribution in [-0.4, -0.2) is 12.4 Å². The number of urea groups is 1. The lowest BCUT2D eigenvalue weighted by Crippen LogP contribution is -2.35. The highest BCUT2D eigenvalue weighted by atomic mass is 19.4. The van der Waals surface area contributed by atoms with Gasteiger partial charge in [-0.3, -0.25) is 0 Å². The molecule has 0 aliphatic heterocycles. The third-order valence-electron chi connectivity index (χ3n) is 4.32. The molecule has 0 spiro atoms. The number of nitrogens with one attached hydrogen (secondary N) is 2. The average molecular weight is 364 g/mol. The van der Waals surface area contributed by atoms with E-state index in [0.29, 0.717) is 6.54 Å². The summed E-state index contributed by atoms with van der Waals surface area (Å²) in [5.74, 6) is -0.318. The molecule has 1 aliphatic rings. The van der Waals surface area contributed by atoms with Crippen LogP contribution in [0.25, 0.3) is 0 Å². The Hall–Kier alpha value is -2.70. The Balaban J connectivity index is 1.55. The van der Waals surface area contributed by atoms with Gasteiger partial charge in [-0.05, 0) is 42.0 Å². The van der Waals surface area contributed by atoms with Crippen LogP contribution in [0.2, 0.25) is 0 Å². The Morgan fingerprint density at radius 2 is 1.65 bits per heavy atom. The molecule has 1 aliphatic carbocycles. The molecule has 2 aromatic rings. The predicted molar refractivity (Wildman–Crippen MR) is 90.7 cm³/mol. The number of carbonyl (C=O) groups excluding carboxylic acids is 1. The maximum atomic E-state index is 12.4. The van der Waals surface area contributed by atoms with Gasteiger partial charge in [0.2, 0.25) is 0 Å². The number of amides is 2. The second-order valence-electron chi connectivity index (χ2n) is 6.10. The molecule has 3 rings (SSSR count). The number of rotatable bonds is 5. The van der Waals surface area contributed by atoms with Crippen molar-refractivity contribution in [1.82, 2.24) is 10.6 Å². The molecule has 0 saturated carbocycles. The van der Waals surface area contributed by atoms with E-state index in [0.717, 1.165) is 24.8 Å². The van der Waals surface area contributed by atoms with Gasteiger partial charge in [-0.1, -0.05) is 36.4 Å². The molecule has 2 amide bonds. The number of ether oxygens (including phenoxy) is 1. The molecule has 0 unspecified atom stereocenters. The van der Waals surface area contributed by atoms with E-state index in [9.17, 15) is 18.0 Å². The summed E-state index contributed by atoms with van der Waals surface area (Å²) in [6.07, 6.45) is -1.58. The Kier molecular flexibility index (Phi) is 5.35. The SMILES string of the molecule is O=C(NCc1ccccc1OC(F)(F)F)NCc1cccc2c1CCC2. The zero-order chi connectivity index (χ0) is 18.6. The largest absolute Gasteiger partial charge is 0.573 e. The number of benzene rings is 2. The summed E-state index contributed by atoms with van der Waals surface area (Å²) in [5.41, 5.74) is 3.94. The van der Waals surface area contributed by atoms with Crippen molar-refractivity contribution in [2.24, 2.45) is 0 Å². The molecule has 7 heteroatoms. The predicted octanol–water partition coefficient (Wildman–Crippen LogP) is 4.07. The van der Waals surface area contributed by atoms with Crippen molar-refractivity contribution >= 4 is 6.03 Å². The van der Waals surface area contributed by atoms with Crippen LogP contribution in [0.5, 0.6) is 5.75 Å². The first-order valence-corrected chi connectivity index (χ1v) is 8.37. The summed E-state index contributed by atoms with van der Waals surface area (Å²) in [5, 5.41) is 5.32. The summed E-state index contributed by atoms with van der Waals surface area (Å²) in [4.78, 5) is 12.0. The van der Waals surface area contributed by atoms with Crippen LogP contribution in [0.1, 0.15) is 28.7 Å². The second kappa shape index (κ2) is 7.68. The summed E-state index contributed by atoms with van der Waals surface area (Å²) in [7, 11) is 0. The zero-order valence-corrected chi connectivity index (χ0v) is 14.0. The van der Waals surface area contributed by atoms with E-state index in [1.807, 2.05) is 12.1 Å². The minimum Gasteiger partial charge on any atom is -0.405 e. The minimum absolute atomic E-state index is 0.0645. The molecular formula is C19H19F3N2O2. The number of fused-ring (bicyclic) bond motifs is 1. The van der Waals surface area contributed by atoms with Gasteiger partial charge in [0, 0.05) is 18.7 Å². The lowest BCUT2D eigenvalue weighted by molar-refractivity contribution is -0.274. The maximum absolute atomic E-state index is 12.4. The molecule has 0 saturated heterocycles. The molecule has 0 atom stereocenters. The Morgan fingerprint density at radius 3 is 2.42 bits per heavy atom. The van der Waals surface area contributed by atoms with E-state index in [4.69, 9.17) is 0 Å². The fraction of sp³-hybridized carbons (Fsp3) is 0.316. The van der Waals surface area contributed by atoms with Gasteiger partial charge in [0.05, 0.1) is 0 Å². The molecule has 26 heavy (non-hydrogen) atoms. The van der Waals surface area contributed by atoms with E-state index < -0.39 is 12.4 Å². The molecule has 0 bridgehead atoms. The van der Waals surface area contributed by atoms with Crippen molar-refractivity contribution < 1.29 is 22.7 Å². The fourth-order valence-electron chi connectivity index (χ4n) is 3.15. The summed E-state index contributed by atoms with van der Waals surface area (Å²) >= 11 is 0. The van der Waals surface area contributed by atoms with Crippen LogP contribution >= 0.6 is 0 Å². The Labute approximate surface area is 149 Å². The normalized spacial score (nSPS) is 13.2. The lowest BCUT2D eigenvalue weighted by atomic mass is 10.0. The smallest absolute Gasteiger partial charge is 0.405 e. The molecule has 2 N–H and O–H groups in total. The van der Waals surface area contributed by atoms with Crippen LogP contribution in [-0.2, 0) is 25.9 Å². The third-order valence-corrected chi connectivity index (χ3v) is 4.32. The number of alkyl halides is 3. The van der Waals surface area contributed by atoms with E-state index in [1.54, 1.807) is 6.07 Å². The highest BCUT2D eigenvalue weighted by molar-refractivity contribution is 5.74. The standard InChI is InChI=1S/C19H19F3N2O2/c20-19(21,22)26-17-10-2-1-5-15(17)12-24-18(25)23-11-14-8-3-6-13-7-4-9-16(13)14/h1-3,5-6,8,10H,4,7,9,11-12H2,(H2,23,24,25). The Morgan fingerprint density at radius 1 is 0.962 bits per heavy atom. The van der Waals surface area contributed by atoms with Crippen LogP contribution < -0.4 is 15.4 Å². The maximum Gasteiger partial charge on any atom is 0.573 e.